The molecule has 134 valence electrons. The van der Waals surface area contributed by atoms with E-state index in [-0.39, 0.29) is 11.8 Å². The van der Waals surface area contributed by atoms with Crippen LogP contribution in [0.5, 0.6) is 0 Å². The number of carbonyl (C=O) groups excluding carboxylic acids is 1. The summed E-state index contributed by atoms with van der Waals surface area (Å²) in [7, 11) is 0. The highest BCUT2D eigenvalue weighted by Crippen LogP contribution is 2.41. The molecule has 1 N–H and O–H groups in total. The van der Waals surface area contributed by atoms with Crippen molar-refractivity contribution in [2.75, 3.05) is 0 Å². The molecule has 2 atom stereocenters. The normalized spacial score (nSPS) is 30.3. The Morgan fingerprint density at radius 1 is 1.08 bits per heavy atom. The van der Waals surface area contributed by atoms with Crippen molar-refractivity contribution < 1.29 is 4.79 Å². The lowest BCUT2D eigenvalue weighted by molar-refractivity contribution is -0.127. The van der Waals surface area contributed by atoms with Gasteiger partial charge in [-0.2, -0.15) is 0 Å². The third kappa shape index (κ3) is 3.74. The molecular weight excluding hydrogens is 328 g/mol. The largest absolute Gasteiger partial charge is 0.353 e. The highest BCUT2D eigenvalue weighted by molar-refractivity contribution is 7.18. The summed E-state index contributed by atoms with van der Waals surface area (Å²) in [5.74, 6) is 1.50. The number of fused-ring (bicyclic) bond motifs is 1. The Kier molecular flexibility index (Phi) is 5.07. The fourth-order valence-electron chi connectivity index (χ4n) is 4.50. The molecule has 3 nitrogen and oxygen atoms in total. The van der Waals surface area contributed by atoms with Crippen LogP contribution in [0, 0.1) is 11.8 Å². The minimum Gasteiger partial charge on any atom is -0.353 e. The number of rotatable bonds is 3. The molecular formula is C21H28N2OS. The van der Waals surface area contributed by atoms with Gasteiger partial charge in [-0.3, -0.25) is 4.79 Å². The van der Waals surface area contributed by atoms with Crippen LogP contribution < -0.4 is 5.32 Å². The third-order valence-electron chi connectivity index (χ3n) is 6.09. The molecule has 1 amide bonds. The summed E-state index contributed by atoms with van der Waals surface area (Å²) in [6, 6.07) is 8.72. The van der Waals surface area contributed by atoms with E-state index in [1.54, 1.807) is 11.3 Å². The zero-order chi connectivity index (χ0) is 17.2. The van der Waals surface area contributed by atoms with Crippen LogP contribution in [-0.2, 0) is 4.79 Å². The number of para-hydroxylation sites is 1. The average molecular weight is 357 g/mol. The zero-order valence-electron chi connectivity index (χ0n) is 15.0. The minimum absolute atomic E-state index is 0.105. The molecule has 2 aliphatic rings. The highest BCUT2D eigenvalue weighted by Gasteiger charge is 2.35. The van der Waals surface area contributed by atoms with Gasteiger partial charge in [0.25, 0.3) is 0 Å². The van der Waals surface area contributed by atoms with Crippen LogP contribution in [-0.4, -0.2) is 16.9 Å². The lowest BCUT2D eigenvalue weighted by Gasteiger charge is -2.32. The second kappa shape index (κ2) is 7.45. The van der Waals surface area contributed by atoms with Crippen molar-refractivity contribution in [3.05, 3.63) is 29.3 Å². The Hall–Kier alpha value is -1.42. The average Bonchev–Trinajstić information content (AvgIpc) is 3.07. The molecule has 0 spiro atoms. The fourth-order valence-corrected chi connectivity index (χ4v) is 5.67. The van der Waals surface area contributed by atoms with Gasteiger partial charge < -0.3 is 5.32 Å². The van der Waals surface area contributed by atoms with E-state index in [9.17, 15) is 4.79 Å². The Labute approximate surface area is 154 Å². The van der Waals surface area contributed by atoms with Crippen molar-refractivity contribution in [2.45, 2.75) is 70.3 Å². The number of thiazole rings is 1. The van der Waals surface area contributed by atoms with Gasteiger partial charge in [-0.1, -0.05) is 31.9 Å². The molecule has 0 saturated heterocycles. The van der Waals surface area contributed by atoms with Gasteiger partial charge in [-0.15, -0.1) is 11.3 Å². The van der Waals surface area contributed by atoms with Crippen LogP contribution in [0.25, 0.3) is 10.2 Å². The third-order valence-corrected chi connectivity index (χ3v) is 7.26. The minimum atomic E-state index is 0.105. The first-order valence-electron chi connectivity index (χ1n) is 9.86. The molecule has 0 unspecified atom stereocenters. The van der Waals surface area contributed by atoms with Gasteiger partial charge in [0.1, 0.15) is 0 Å². The molecule has 2 fully saturated rings. The Balaban J connectivity index is 1.49. The van der Waals surface area contributed by atoms with E-state index in [2.05, 4.69) is 30.4 Å². The SMILES string of the molecule is CC1CCC(NC(=O)[C@H]2CCCC[C@H]2c2nc3ccccc3s2)CC1. The van der Waals surface area contributed by atoms with E-state index >= 15 is 0 Å². The van der Waals surface area contributed by atoms with E-state index in [0.717, 1.165) is 37.1 Å². The summed E-state index contributed by atoms with van der Waals surface area (Å²) in [5, 5.41) is 4.55. The maximum Gasteiger partial charge on any atom is 0.224 e. The van der Waals surface area contributed by atoms with Crippen molar-refractivity contribution in [2.24, 2.45) is 11.8 Å². The van der Waals surface area contributed by atoms with Gasteiger partial charge in [0.05, 0.1) is 15.2 Å². The van der Waals surface area contributed by atoms with Crippen molar-refractivity contribution in [3.8, 4) is 0 Å². The summed E-state index contributed by atoms with van der Waals surface area (Å²) in [4.78, 5) is 17.9. The zero-order valence-corrected chi connectivity index (χ0v) is 15.9. The quantitative estimate of drug-likeness (QED) is 0.814. The first-order valence-corrected chi connectivity index (χ1v) is 10.7. The molecule has 4 heteroatoms. The number of hydrogen-bond acceptors (Lipinski definition) is 3. The second-order valence-electron chi connectivity index (χ2n) is 7.98. The van der Waals surface area contributed by atoms with Crippen molar-refractivity contribution in [1.29, 1.82) is 0 Å². The Bertz CT molecular complexity index is 699. The van der Waals surface area contributed by atoms with Crippen LogP contribution in [0.2, 0.25) is 0 Å². The Morgan fingerprint density at radius 2 is 1.84 bits per heavy atom. The van der Waals surface area contributed by atoms with E-state index in [1.165, 1.54) is 35.4 Å². The fraction of sp³-hybridized carbons (Fsp3) is 0.619. The Morgan fingerprint density at radius 3 is 2.64 bits per heavy atom. The molecule has 0 radical (unpaired) electrons. The molecule has 4 rings (SSSR count). The standard InChI is InChI=1S/C21H28N2OS/c1-14-10-12-15(13-11-14)22-20(24)16-6-2-3-7-17(16)21-23-18-8-4-5-9-19(18)25-21/h4-5,8-9,14-17H,2-3,6-7,10-13H2,1H3,(H,22,24)/t14?,15?,16-,17+/m0/s1. The molecule has 0 bridgehead atoms. The first kappa shape index (κ1) is 17.0. The van der Waals surface area contributed by atoms with Crippen LogP contribution in [0.3, 0.4) is 0 Å². The van der Waals surface area contributed by atoms with Crippen molar-refractivity contribution in [3.63, 3.8) is 0 Å². The second-order valence-corrected chi connectivity index (χ2v) is 9.04. The molecule has 2 aliphatic carbocycles. The van der Waals surface area contributed by atoms with E-state index in [4.69, 9.17) is 4.98 Å². The maximum absolute atomic E-state index is 13.0. The number of benzene rings is 1. The molecule has 1 aromatic carbocycles. The van der Waals surface area contributed by atoms with E-state index in [1.807, 2.05) is 6.07 Å². The number of amides is 1. The molecule has 2 saturated carbocycles. The predicted molar refractivity (Wildman–Crippen MR) is 104 cm³/mol. The number of hydrogen-bond donors (Lipinski definition) is 1. The van der Waals surface area contributed by atoms with E-state index < -0.39 is 0 Å². The number of carbonyl (C=O) groups is 1. The summed E-state index contributed by atoms with van der Waals surface area (Å²) in [5.41, 5.74) is 1.08. The number of aromatic nitrogens is 1. The van der Waals surface area contributed by atoms with Crippen LogP contribution in [0.15, 0.2) is 24.3 Å². The van der Waals surface area contributed by atoms with Gasteiger partial charge >= 0.3 is 0 Å². The smallest absolute Gasteiger partial charge is 0.224 e. The topological polar surface area (TPSA) is 42.0 Å². The molecule has 0 aliphatic heterocycles. The maximum atomic E-state index is 13.0. The number of nitrogens with zero attached hydrogens (tertiary/aromatic N) is 1. The van der Waals surface area contributed by atoms with Crippen LogP contribution in [0.1, 0.15) is 69.2 Å². The lowest BCUT2D eigenvalue weighted by Crippen LogP contribution is -2.43. The first-order chi connectivity index (χ1) is 12.2. The summed E-state index contributed by atoms with van der Waals surface area (Å²) >= 11 is 1.78. The molecule has 25 heavy (non-hydrogen) atoms. The van der Waals surface area contributed by atoms with Crippen LogP contribution in [0.4, 0.5) is 0 Å². The van der Waals surface area contributed by atoms with Crippen molar-refractivity contribution in [1.82, 2.24) is 10.3 Å². The van der Waals surface area contributed by atoms with Crippen molar-refractivity contribution >= 4 is 27.5 Å². The predicted octanol–water partition coefficient (Wildman–Crippen LogP) is 5.27. The number of nitrogens with one attached hydrogen (secondary N) is 1. The lowest BCUT2D eigenvalue weighted by atomic mass is 9.78. The van der Waals surface area contributed by atoms with E-state index in [0.29, 0.717) is 12.0 Å². The summed E-state index contributed by atoms with van der Waals surface area (Å²) in [6.45, 7) is 2.32. The van der Waals surface area contributed by atoms with Gasteiger partial charge in [0, 0.05) is 17.9 Å². The molecule has 2 aromatic rings. The van der Waals surface area contributed by atoms with Gasteiger partial charge in [-0.25, -0.2) is 4.98 Å². The highest BCUT2D eigenvalue weighted by atomic mass is 32.1. The summed E-state index contributed by atoms with van der Waals surface area (Å²) < 4.78 is 1.24. The molecule has 1 heterocycles. The molecule has 1 aromatic heterocycles. The van der Waals surface area contributed by atoms with Gasteiger partial charge in [-0.05, 0) is 56.6 Å². The van der Waals surface area contributed by atoms with Crippen LogP contribution >= 0.6 is 11.3 Å². The monoisotopic (exact) mass is 356 g/mol. The van der Waals surface area contributed by atoms with Gasteiger partial charge in [0.2, 0.25) is 5.91 Å². The van der Waals surface area contributed by atoms with Gasteiger partial charge in [0.15, 0.2) is 0 Å². The summed E-state index contributed by atoms with van der Waals surface area (Å²) in [6.07, 6.45) is 9.27.